The average Bonchev–Trinajstić information content (AvgIpc) is 3.09. The zero-order chi connectivity index (χ0) is 11.4. The number of aliphatic hydroxyl groups excluding tert-OH is 1. The van der Waals surface area contributed by atoms with Crippen LogP contribution in [0.2, 0.25) is 0 Å². The Morgan fingerprint density at radius 3 is 2.94 bits per heavy atom. The van der Waals surface area contributed by atoms with Crippen LogP contribution < -0.4 is 10.1 Å². The van der Waals surface area contributed by atoms with Crippen LogP contribution in [0.4, 0.5) is 0 Å². The van der Waals surface area contributed by atoms with Crippen LogP contribution in [0.3, 0.4) is 0 Å². The van der Waals surface area contributed by atoms with Crippen LogP contribution in [0, 0.1) is 0 Å². The van der Waals surface area contributed by atoms with Gasteiger partial charge in [-0.15, -0.1) is 0 Å². The number of nitrogens with zero attached hydrogens (tertiary/aromatic N) is 1. The van der Waals surface area contributed by atoms with E-state index in [1.54, 1.807) is 13.1 Å². The minimum Gasteiger partial charge on any atom is -0.489 e. The van der Waals surface area contributed by atoms with Gasteiger partial charge >= 0.3 is 0 Å². The van der Waals surface area contributed by atoms with Crippen molar-refractivity contribution < 1.29 is 9.84 Å². The molecule has 1 aromatic rings. The minimum atomic E-state index is -0.448. The van der Waals surface area contributed by atoms with Gasteiger partial charge in [-0.05, 0) is 31.9 Å². The molecule has 1 atom stereocenters. The molecule has 1 fully saturated rings. The summed E-state index contributed by atoms with van der Waals surface area (Å²) in [5.74, 6) is 0.705. The fourth-order valence-corrected chi connectivity index (χ4v) is 1.35. The van der Waals surface area contributed by atoms with E-state index in [0.29, 0.717) is 18.4 Å². The number of ether oxygens (including phenoxy) is 1. The second-order valence-electron chi connectivity index (χ2n) is 4.30. The van der Waals surface area contributed by atoms with Gasteiger partial charge in [0.2, 0.25) is 0 Å². The molecule has 2 N–H and O–H groups in total. The van der Waals surface area contributed by atoms with E-state index >= 15 is 0 Å². The monoisotopic (exact) mass is 222 g/mol. The van der Waals surface area contributed by atoms with Crippen molar-refractivity contribution >= 4 is 0 Å². The standard InChI is InChI=1S/C12H18N2O2/c1-9(15)8-16-12-5-4-11(14-7-12)6-13-10-2-3-10/h4-5,7,9-10,13,15H,2-3,6,8H2,1H3. The maximum Gasteiger partial charge on any atom is 0.137 e. The summed E-state index contributed by atoms with van der Waals surface area (Å²) in [4.78, 5) is 4.29. The summed E-state index contributed by atoms with van der Waals surface area (Å²) in [7, 11) is 0. The fourth-order valence-electron chi connectivity index (χ4n) is 1.35. The first kappa shape index (κ1) is 11.4. The van der Waals surface area contributed by atoms with E-state index in [1.807, 2.05) is 12.1 Å². The third-order valence-corrected chi connectivity index (χ3v) is 2.44. The van der Waals surface area contributed by atoms with Gasteiger partial charge in [0, 0.05) is 12.6 Å². The predicted molar refractivity (Wildman–Crippen MR) is 61.3 cm³/mol. The highest BCUT2D eigenvalue weighted by Gasteiger charge is 2.19. The molecule has 88 valence electrons. The molecule has 0 amide bonds. The Kier molecular flexibility index (Phi) is 3.74. The molecule has 0 aliphatic heterocycles. The van der Waals surface area contributed by atoms with Gasteiger partial charge in [-0.3, -0.25) is 4.98 Å². The van der Waals surface area contributed by atoms with Crippen LogP contribution in [0.25, 0.3) is 0 Å². The van der Waals surface area contributed by atoms with E-state index in [9.17, 15) is 0 Å². The molecule has 1 aliphatic rings. The summed E-state index contributed by atoms with van der Waals surface area (Å²) >= 11 is 0. The molecule has 2 rings (SSSR count). The number of aromatic nitrogens is 1. The zero-order valence-corrected chi connectivity index (χ0v) is 9.52. The van der Waals surface area contributed by atoms with Crippen molar-refractivity contribution in [2.45, 2.75) is 38.5 Å². The number of pyridine rings is 1. The third kappa shape index (κ3) is 3.79. The Morgan fingerprint density at radius 1 is 1.56 bits per heavy atom. The highest BCUT2D eigenvalue weighted by Crippen LogP contribution is 2.19. The molecule has 4 heteroatoms. The van der Waals surface area contributed by atoms with Crippen molar-refractivity contribution in [3.05, 3.63) is 24.0 Å². The molecule has 1 heterocycles. The van der Waals surface area contributed by atoms with Gasteiger partial charge in [0.05, 0.1) is 18.0 Å². The molecule has 16 heavy (non-hydrogen) atoms. The molecule has 1 unspecified atom stereocenters. The Hall–Kier alpha value is -1.13. The number of hydrogen-bond donors (Lipinski definition) is 2. The lowest BCUT2D eigenvalue weighted by Gasteiger charge is -2.08. The predicted octanol–water partition coefficient (Wildman–Crippen LogP) is 1.09. The summed E-state index contributed by atoms with van der Waals surface area (Å²) < 4.78 is 5.33. The first-order valence-electron chi connectivity index (χ1n) is 5.73. The topological polar surface area (TPSA) is 54.4 Å². The second kappa shape index (κ2) is 5.27. The number of nitrogens with one attached hydrogen (secondary N) is 1. The number of rotatable bonds is 6. The van der Waals surface area contributed by atoms with Gasteiger partial charge < -0.3 is 15.2 Å². The SMILES string of the molecule is CC(O)COc1ccc(CNC2CC2)nc1. The Balaban J connectivity index is 1.78. The first-order chi connectivity index (χ1) is 7.74. The van der Waals surface area contributed by atoms with Gasteiger partial charge in [-0.2, -0.15) is 0 Å². The lowest BCUT2D eigenvalue weighted by atomic mass is 10.3. The van der Waals surface area contributed by atoms with E-state index in [1.165, 1.54) is 12.8 Å². The summed E-state index contributed by atoms with van der Waals surface area (Å²) in [6.45, 7) is 2.82. The highest BCUT2D eigenvalue weighted by molar-refractivity contribution is 5.19. The van der Waals surface area contributed by atoms with Crippen molar-refractivity contribution in [2.75, 3.05) is 6.61 Å². The smallest absolute Gasteiger partial charge is 0.137 e. The quantitative estimate of drug-likeness (QED) is 0.756. The van der Waals surface area contributed by atoms with Crippen molar-refractivity contribution in [1.82, 2.24) is 10.3 Å². The van der Waals surface area contributed by atoms with Crippen LogP contribution in [0.1, 0.15) is 25.5 Å². The normalized spacial score (nSPS) is 17.1. The van der Waals surface area contributed by atoms with Crippen LogP contribution in [-0.4, -0.2) is 28.8 Å². The van der Waals surface area contributed by atoms with Crippen molar-refractivity contribution in [3.8, 4) is 5.75 Å². The van der Waals surface area contributed by atoms with E-state index in [4.69, 9.17) is 9.84 Å². The molecule has 0 aromatic carbocycles. The Morgan fingerprint density at radius 2 is 2.38 bits per heavy atom. The van der Waals surface area contributed by atoms with Gasteiger partial charge in [0.15, 0.2) is 0 Å². The minimum absolute atomic E-state index is 0.307. The highest BCUT2D eigenvalue weighted by atomic mass is 16.5. The number of hydrogen-bond acceptors (Lipinski definition) is 4. The Labute approximate surface area is 95.7 Å². The van der Waals surface area contributed by atoms with E-state index in [2.05, 4.69) is 10.3 Å². The molecule has 1 saturated carbocycles. The van der Waals surface area contributed by atoms with Crippen LogP contribution in [0.5, 0.6) is 5.75 Å². The van der Waals surface area contributed by atoms with Gasteiger partial charge in [-0.1, -0.05) is 0 Å². The molecule has 0 saturated heterocycles. The van der Waals surface area contributed by atoms with Crippen LogP contribution >= 0.6 is 0 Å². The van der Waals surface area contributed by atoms with Crippen molar-refractivity contribution in [2.24, 2.45) is 0 Å². The molecule has 0 radical (unpaired) electrons. The van der Waals surface area contributed by atoms with Crippen LogP contribution in [-0.2, 0) is 6.54 Å². The van der Waals surface area contributed by atoms with E-state index in [-0.39, 0.29) is 0 Å². The molecule has 0 bridgehead atoms. The molecule has 1 aromatic heterocycles. The molecule has 0 spiro atoms. The molecule has 4 nitrogen and oxygen atoms in total. The fraction of sp³-hybridized carbons (Fsp3) is 0.583. The summed E-state index contributed by atoms with van der Waals surface area (Å²) in [6.07, 6.45) is 3.83. The van der Waals surface area contributed by atoms with Crippen molar-refractivity contribution in [3.63, 3.8) is 0 Å². The van der Waals surface area contributed by atoms with Gasteiger partial charge in [-0.25, -0.2) is 0 Å². The maximum absolute atomic E-state index is 9.07. The average molecular weight is 222 g/mol. The molecule has 1 aliphatic carbocycles. The second-order valence-corrected chi connectivity index (χ2v) is 4.30. The number of aliphatic hydroxyl groups is 1. The van der Waals surface area contributed by atoms with E-state index < -0.39 is 6.10 Å². The van der Waals surface area contributed by atoms with Gasteiger partial charge in [0.1, 0.15) is 12.4 Å². The first-order valence-corrected chi connectivity index (χ1v) is 5.73. The molecular formula is C12H18N2O2. The summed E-state index contributed by atoms with van der Waals surface area (Å²) in [5, 5.41) is 12.5. The summed E-state index contributed by atoms with van der Waals surface area (Å²) in [5.41, 5.74) is 1.02. The third-order valence-electron chi connectivity index (χ3n) is 2.44. The lowest BCUT2D eigenvalue weighted by Crippen LogP contribution is -2.16. The Bertz CT molecular complexity index is 295. The largest absolute Gasteiger partial charge is 0.489 e. The van der Waals surface area contributed by atoms with Crippen molar-refractivity contribution in [1.29, 1.82) is 0 Å². The lowest BCUT2D eigenvalue weighted by molar-refractivity contribution is 0.122. The van der Waals surface area contributed by atoms with E-state index in [0.717, 1.165) is 12.2 Å². The zero-order valence-electron chi connectivity index (χ0n) is 9.52. The molecular weight excluding hydrogens is 204 g/mol. The van der Waals surface area contributed by atoms with Crippen LogP contribution in [0.15, 0.2) is 18.3 Å². The maximum atomic E-state index is 9.07. The summed E-state index contributed by atoms with van der Waals surface area (Å²) in [6, 6.07) is 4.54. The van der Waals surface area contributed by atoms with Gasteiger partial charge in [0.25, 0.3) is 0 Å².